The van der Waals surface area contributed by atoms with Gasteiger partial charge in [-0.05, 0) is 56.4 Å². The van der Waals surface area contributed by atoms with E-state index in [1.807, 2.05) is 42.8 Å². The maximum atomic E-state index is 12.7. The average Bonchev–Trinajstić information content (AvgIpc) is 3.14. The average molecular weight is 328 g/mol. The molecule has 0 N–H and O–H groups in total. The summed E-state index contributed by atoms with van der Waals surface area (Å²) in [5.74, 6) is 0.511. The van der Waals surface area contributed by atoms with Gasteiger partial charge in [0.1, 0.15) is 12.4 Å². The molecule has 1 heterocycles. The van der Waals surface area contributed by atoms with Crippen LogP contribution in [0.3, 0.4) is 0 Å². The van der Waals surface area contributed by atoms with Crippen LogP contribution in [0.4, 0.5) is 0 Å². The molecule has 1 aromatic heterocycles. The molecule has 128 valence electrons. The van der Waals surface area contributed by atoms with Crippen molar-refractivity contribution in [1.82, 2.24) is 9.55 Å². The Morgan fingerprint density at radius 2 is 2.25 bits per heavy atom. The van der Waals surface area contributed by atoms with Crippen LogP contribution in [0.2, 0.25) is 0 Å². The fraction of sp³-hybridized carbons (Fsp3) is 0.474. The van der Waals surface area contributed by atoms with Gasteiger partial charge in [-0.2, -0.15) is 0 Å². The summed E-state index contributed by atoms with van der Waals surface area (Å²) in [4.78, 5) is 16.7. The molecule has 0 radical (unpaired) electrons. The van der Waals surface area contributed by atoms with Crippen molar-refractivity contribution in [3.8, 4) is 5.75 Å². The molecule has 3 rings (SSSR count). The molecule has 0 saturated heterocycles. The van der Waals surface area contributed by atoms with Crippen LogP contribution in [0.5, 0.6) is 5.75 Å². The van der Waals surface area contributed by atoms with Gasteiger partial charge in [-0.3, -0.25) is 4.79 Å². The first-order chi connectivity index (χ1) is 11.5. The van der Waals surface area contributed by atoms with Crippen LogP contribution in [-0.4, -0.2) is 29.2 Å². The zero-order valence-corrected chi connectivity index (χ0v) is 14.5. The summed E-state index contributed by atoms with van der Waals surface area (Å²) in [6.07, 6.45) is 8.17. The Balaban J connectivity index is 1.70. The van der Waals surface area contributed by atoms with Gasteiger partial charge in [0.15, 0.2) is 0 Å². The van der Waals surface area contributed by atoms with Gasteiger partial charge in [0, 0.05) is 12.4 Å². The molecule has 0 amide bonds. The molecule has 0 spiro atoms. The van der Waals surface area contributed by atoms with E-state index in [1.165, 1.54) is 5.56 Å². The quantitative estimate of drug-likeness (QED) is 0.790. The second kappa shape index (κ2) is 6.67. The molecule has 1 aromatic carbocycles. The number of carbonyl (C=O) groups excluding carboxylic acids is 1. The Hall–Kier alpha value is -2.30. The van der Waals surface area contributed by atoms with E-state index in [9.17, 15) is 4.79 Å². The number of esters is 1. The number of aromatic nitrogens is 2. The van der Waals surface area contributed by atoms with Crippen molar-refractivity contribution in [2.24, 2.45) is 0 Å². The minimum absolute atomic E-state index is 0.144. The SMILES string of the molecule is COc1ccc2c(c1)CCCC2C(=O)OCC(C)(C)n1ccnc1. The van der Waals surface area contributed by atoms with Crippen LogP contribution in [0.1, 0.15) is 43.7 Å². The lowest BCUT2D eigenvalue weighted by Gasteiger charge is -2.29. The van der Waals surface area contributed by atoms with Crippen LogP contribution < -0.4 is 4.74 Å². The number of hydrogen-bond donors (Lipinski definition) is 0. The van der Waals surface area contributed by atoms with Gasteiger partial charge >= 0.3 is 5.97 Å². The van der Waals surface area contributed by atoms with Gasteiger partial charge < -0.3 is 14.0 Å². The highest BCUT2D eigenvalue weighted by molar-refractivity contribution is 5.79. The monoisotopic (exact) mass is 328 g/mol. The zero-order valence-electron chi connectivity index (χ0n) is 14.5. The van der Waals surface area contributed by atoms with E-state index in [0.717, 1.165) is 30.6 Å². The molecule has 0 fully saturated rings. The number of aryl methyl sites for hydroxylation is 1. The Morgan fingerprint density at radius 3 is 2.96 bits per heavy atom. The Kier molecular flexibility index (Phi) is 4.60. The topological polar surface area (TPSA) is 53.4 Å². The van der Waals surface area contributed by atoms with Crippen LogP contribution in [0.25, 0.3) is 0 Å². The van der Waals surface area contributed by atoms with Gasteiger partial charge in [0.25, 0.3) is 0 Å². The lowest BCUT2D eigenvalue weighted by molar-refractivity contribution is -0.148. The number of nitrogens with zero attached hydrogens (tertiary/aromatic N) is 2. The number of rotatable bonds is 5. The first-order valence-corrected chi connectivity index (χ1v) is 8.33. The second-order valence-corrected chi connectivity index (χ2v) is 6.90. The van der Waals surface area contributed by atoms with Gasteiger partial charge in [0.05, 0.1) is 24.9 Å². The van der Waals surface area contributed by atoms with Crippen molar-refractivity contribution in [1.29, 1.82) is 0 Å². The van der Waals surface area contributed by atoms with E-state index in [1.54, 1.807) is 19.6 Å². The highest BCUT2D eigenvalue weighted by Gasteiger charge is 2.30. The third kappa shape index (κ3) is 3.30. The fourth-order valence-corrected chi connectivity index (χ4v) is 3.20. The van der Waals surface area contributed by atoms with Crippen LogP contribution in [0.15, 0.2) is 36.9 Å². The summed E-state index contributed by atoms with van der Waals surface area (Å²) in [6, 6.07) is 5.95. The normalized spacial score (nSPS) is 17.2. The fourth-order valence-electron chi connectivity index (χ4n) is 3.20. The predicted octanol–water partition coefficient (Wildman–Crippen LogP) is 3.29. The van der Waals surface area contributed by atoms with Crippen LogP contribution in [0, 0.1) is 0 Å². The third-order valence-electron chi connectivity index (χ3n) is 4.72. The molecule has 24 heavy (non-hydrogen) atoms. The molecule has 0 bridgehead atoms. The molecule has 0 saturated carbocycles. The lowest BCUT2D eigenvalue weighted by atomic mass is 9.83. The number of imidazole rings is 1. The van der Waals surface area contributed by atoms with Gasteiger partial charge in [-0.25, -0.2) is 4.98 Å². The molecule has 2 aromatic rings. The molecule has 1 aliphatic carbocycles. The van der Waals surface area contributed by atoms with Gasteiger partial charge in [0.2, 0.25) is 0 Å². The van der Waals surface area contributed by atoms with E-state index in [4.69, 9.17) is 9.47 Å². The van der Waals surface area contributed by atoms with Crippen molar-refractivity contribution in [2.75, 3.05) is 13.7 Å². The molecule has 1 unspecified atom stereocenters. The number of hydrogen-bond acceptors (Lipinski definition) is 4. The van der Waals surface area contributed by atoms with Crippen molar-refractivity contribution in [2.45, 2.75) is 44.6 Å². The lowest BCUT2D eigenvalue weighted by Crippen LogP contribution is -2.33. The number of methoxy groups -OCH3 is 1. The standard InChI is InChI=1S/C19H24N2O3/c1-19(2,21-10-9-20-13-21)12-24-18(22)17-6-4-5-14-11-15(23-3)7-8-16(14)17/h7-11,13,17H,4-6,12H2,1-3H3. The van der Waals surface area contributed by atoms with Crippen molar-refractivity contribution in [3.63, 3.8) is 0 Å². The predicted molar refractivity (Wildman–Crippen MR) is 91.2 cm³/mol. The van der Waals surface area contributed by atoms with Gasteiger partial charge in [-0.15, -0.1) is 0 Å². The van der Waals surface area contributed by atoms with E-state index >= 15 is 0 Å². The smallest absolute Gasteiger partial charge is 0.313 e. The highest BCUT2D eigenvalue weighted by atomic mass is 16.5. The molecular weight excluding hydrogens is 304 g/mol. The van der Waals surface area contributed by atoms with E-state index in [2.05, 4.69) is 4.98 Å². The second-order valence-electron chi connectivity index (χ2n) is 6.90. The summed E-state index contributed by atoms with van der Waals surface area (Å²) in [7, 11) is 1.66. The number of carbonyl (C=O) groups is 1. The van der Waals surface area contributed by atoms with Crippen molar-refractivity contribution >= 4 is 5.97 Å². The first kappa shape index (κ1) is 16.6. The van der Waals surface area contributed by atoms with E-state index in [-0.39, 0.29) is 17.4 Å². The number of benzene rings is 1. The highest BCUT2D eigenvalue weighted by Crippen LogP contribution is 2.34. The minimum Gasteiger partial charge on any atom is -0.497 e. The molecular formula is C19H24N2O3. The largest absolute Gasteiger partial charge is 0.497 e. The molecule has 0 aliphatic heterocycles. The Labute approximate surface area is 142 Å². The van der Waals surface area contributed by atoms with Gasteiger partial charge in [-0.1, -0.05) is 6.07 Å². The first-order valence-electron chi connectivity index (χ1n) is 8.33. The van der Waals surface area contributed by atoms with Crippen molar-refractivity contribution < 1.29 is 14.3 Å². The van der Waals surface area contributed by atoms with E-state index in [0.29, 0.717) is 6.61 Å². The Morgan fingerprint density at radius 1 is 1.42 bits per heavy atom. The van der Waals surface area contributed by atoms with Crippen molar-refractivity contribution in [3.05, 3.63) is 48.0 Å². The summed E-state index contributed by atoms with van der Waals surface area (Å²) in [5, 5.41) is 0. The molecule has 1 atom stereocenters. The number of ether oxygens (including phenoxy) is 2. The molecule has 1 aliphatic rings. The minimum atomic E-state index is -0.316. The summed E-state index contributed by atoms with van der Waals surface area (Å²) in [5.41, 5.74) is 1.95. The maximum absolute atomic E-state index is 12.7. The summed E-state index contributed by atoms with van der Waals surface area (Å²) in [6.45, 7) is 4.38. The summed E-state index contributed by atoms with van der Waals surface area (Å²) >= 11 is 0. The Bertz CT molecular complexity index is 707. The zero-order chi connectivity index (χ0) is 17.2. The van der Waals surface area contributed by atoms with E-state index < -0.39 is 0 Å². The van der Waals surface area contributed by atoms with Crippen LogP contribution >= 0.6 is 0 Å². The summed E-state index contributed by atoms with van der Waals surface area (Å²) < 4.78 is 12.9. The molecule has 5 nitrogen and oxygen atoms in total. The molecule has 5 heteroatoms. The third-order valence-corrected chi connectivity index (χ3v) is 4.72. The number of fused-ring (bicyclic) bond motifs is 1. The van der Waals surface area contributed by atoms with Crippen LogP contribution in [-0.2, 0) is 21.5 Å². The maximum Gasteiger partial charge on any atom is 0.313 e.